The molecule has 1 aliphatic rings. The summed E-state index contributed by atoms with van der Waals surface area (Å²) < 4.78 is 4.05. The average molecular weight is 287 g/mol. The van der Waals surface area contributed by atoms with Gasteiger partial charge in [0.2, 0.25) is 0 Å². The lowest BCUT2D eigenvalue weighted by molar-refractivity contribution is 0.604. The highest BCUT2D eigenvalue weighted by Crippen LogP contribution is 2.38. The van der Waals surface area contributed by atoms with Crippen LogP contribution in [-0.2, 0) is 20.0 Å². The van der Waals surface area contributed by atoms with Gasteiger partial charge in [0.05, 0.1) is 5.69 Å². The first-order valence-electron chi connectivity index (χ1n) is 8.04. The van der Waals surface area contributed by atoms with Crippen LogP contribution in [0.2, 0.25) is 0 Å². The Kier molecular flexibility index (Phi) is 3.74. The van der Waals surface area contributed by atoms with Gasteiger partial charge in [-0.05, 0) is 26.2 Å². The number of rotatable bonds is 4. The van der Waals surface area contributed by atoms with Crippen LogP contribution in [0.4, 0.5) is 5.82 Å². The van der Waals surface area contributed by atoms with E-state index in [0.29, 0.717) is 5.92 Å². The molecule has 0 amide bonds. The van der Waals surface area contributed by atoms with Gasteiger partial charge in [-0.1, -0.05) is 19.8 Å². The SMILES string of the molecule is CCc1nn(C)cc1-c1nc(C2CCCC2)n(CC)c1N. The molecule has 0 aliphatic heterocycles. The number of aromatic nitrogens is 4. The topological polar surface area (TPSA) is 61.7 Å². The second-order valence-corrected chi connectivity index (χ2v) is 5.95. The van der Waals surface area contributed by atoms with Crippen molar-refractivity contribution in [2.75, 3.05) is 5.73 Å². The van der Waals surface area contributed by atoms with Crippen molar-refractivity contribution in [2.24, 2.45) is 7.05 Å². The molecule has 0 atom stereocenters. The van der Waals surface area contributed by atoms with E-state index in [4.69, 9.17) is 10.7 Å². The zero-order valence-electron chi connectivity index (χ0n) is 13.3. The summed E-state index contributed by atoms with van der Waals surface area (Å²) in [5, 5.41) is 4.52. The summed E-state index contributed by atoms with van der Waals surface area (Å²) in [6.07, 6.45) is 8.03. The Labute approximate surface area is 126 Å². The standard InChI is InChI=1S/C16H25N5/c1-4-13-12(10-20(3)19-13)14-15(17)21(5-2)16(18-14)11-8-6-7-9-11/h10-11H,4-9,17H2,1-3H3. The smallest absolute Gasteiger partial charge is 0.131 e. The van der Waals surface area contributed by atoms with Gasteiger partial charge in [0.1, 0.15) is 17.3 Å². The summed E-state index contributed by atoms with van der Waals surface area (Å²) in [5.74, 6) is 2.54. The molecule has 0 saturated heterocycles. The molecule has 2 heterocycles. The molecule has 114 valence electrons. The molecule has 5 heteroatoms. The van der Waals surface area contributed by atoms with Gasteiger partial charge >= 0.3 is 0 Å². The zero-order valence-corrected chi connectivity index (χ0v) is 13.3. The van der Waals surface area contributed by atoms with Gasteiger partial charge in [0.15, 0.2) is 0 Å². The van der Waals surface area contributed by atoms with Crippen LogP contribution in [-0.4, -0.2) is 19.3 Å². The van der Waals surface area contributed by atoms with Gasteiger partial charge in [0.25, 0.3) is 0 Å². The van der Waals surface area contributed by atoms with Crippen LogP contribution in [0, 0.1) is 0 Å². The van der Waals surface area contributed by atoms with E-state index in [0.717, 1.165) is 35.7 Å². The number of anilines is 1. The van der Waals surface area contributed by atoms with Gasteiger partial charge in [-0.2, -0.15) is 5.10 Å². The third-order valence-electron chi connectivity index (χ3n) is 4.57. The average Bonchev–Trinajstić information content (AvgIpc) is 3.16. The number of hydrogen-bond acceptors (Lipinski definition) is 3. The predicted molar refractivity (Wildman–Crippen MR) is 85.1 cm³/mol. The number of nitrogen functional groups attached to an aromatic ring is 1. The molecule has 5 nitrogen and oxygen atoms in total. The minimum atomic E-state index is 0.572. The lowest BCUT2D eigenvalue weighted by Crippen LogP contribution is -2.08. The summed E-state index contributed by atoms with van der Waals surface area (Å²) in [5.41, 5.74) is 9.49. The maximum Gasteiger partial charge on any atom is 0.131 e. The Morgan fingerprint density at radius 2 is 2.00 bits per heavy atom. The Morgan fingerprint density at radius 3 is 2.62 bits per heavy atom. The fourth-order valence-electron chi connectivity index (χ4n) is 3.50. The summed E-state index contributed by atoms with van der Waals surface area (Å²) >= 11 is 0. The van der Waals surface area contributed by atoms with E-state index in [1.165, 1.54) is 31.5 Å². The number of imidazole rings is 1. The second-order valence-electron chi connectivity index (χ2n) is 5.95. The van der Waals surface area contributed by atoms with Gasteiger partial charge in [-0.3, -0.25) is 4.68 Å². The first-order chi connectivity index (χ1) is 10.2. The van der Waals surface area contributed by atoms with Crippen molar-refractivity contribution in [2.45, 2.75) is 58.4 Å². The van der Waals surface area contributed by atoms with Crippen molar-refractivity contribution in [1.29, 1.82) is 0 Å². The van der Waals surface area contributed by atoms with E-state index in [-0.39, 0.29) is 0 Å². The van der Waals surface area contributed by atoms with E-state index >= 15 is 0 Å². The van der Waals surface area contributed by atoms with Crippen molar-refractivity contribution in [3.63, 3.8) is 0 Å². The van der Waals surface area contributed by atoms with Crippen LogP contribution in [0.25, 0.3) is 11.3 Å². The van der Waals surface area contributed by atoms with Crippen molar-refractivity contribution in [3.05, 3.63) is 17.7 Å². The van der Waals surface area contributed by atoms with Gasteiger partial charge in [0, 0.05) is 31.3 Å². The number of nitrogens with zero attached hydrogens (tertiary/aromatic N) is 4. The molecule has 1 saturated carbocycles. The van der Waals surface area contributed by atoms with E-state index in [1.807, 2.05) is 17.9 Å². The highest BCUT2D eigenvalue weighted by molar-refractivity contribution is 5.72. The fraction of sp³-hybridized carbons (Fsp3) is 0.625. The van der Waals surface area contributed by atoms with Gasteiger partial charge in [-0.15, -0.1) is 0 Å². The monoisotopic (exact) mass is 287 g/mol. The van der Waals surface area contributed by atoms with E-state index in [9.17, 15) is 0 Å². The normalized spacial score (nSPS) is 16.0. The van der Waals surface area contributed by atoms with Crippen LogP contribution in [0.5, 0.6) is 0 Å². The number of nitrogens with two attached hydrogens (primary N) is 1. The molecule has 0 spiro atoms. The molecule has 0 aromatic carbocycles. The first-order valence-corrected chi connectivity index (χ1v) is 8.04. The third-order valence-corrected chi connectivity index (χ3v) is 4.57. The Morgan fingerprint density at radius 1 is 1.29 bits per heavy atom. The molecule has 1 fully saturated rings. The Hall–Kier alpha value is -1.78. The van der Waals surface area contributed by atoms with Crippen LogP contribution in [0.3, 0.4) is 0 Å². The first kappa shape index (κ1) is 14.2. The molecule has 0 unspecified atom stereocenters. The Balaban J connectivity index is 2.10. The fourth-order valence-corrected chi connectivity index (χ4v) is 3.50. The maximum absolute atomic E-state index is 6.41. The van der Waals surface area contributed by atoms with E-state index < -0.39 is 0 Å². The number of aryl methyl sites for hydroxylation is 2. The minimum Gasteiger partial charge on any atom is -0.383 e. The molecular weight excluding hydrogens is 262 g/mol. The Bertz CT molecular complexity index is 631. The lowest BCUT2D eigenvalue weighted by atomic mass is 10.1. The summed E-state index contributed by atoms with van der Waals surface area (Å²) in [7, 11) is 1.95. The molecule has 0 radical (unpaired) electrons. The van der Waals surface area contributed by atoms with Crippen molar-refractivity contribution < 1.29 is 0 Å². The molecule has 3 rings (SSSR count). The van der Waals surface area contributed by atoms with E-state index in [2.05, 4.69) is 23.5 Å². The van der Waals surface area contributed by atoms with E-state index in [1.54, 1.807) is 0 Å². The highest BCUT2D eigenvalue weighted by Gasteiger charge is 2.26. The van der Waals surface area contributed by atoms with Crippen LogP contribution in [0.1, 0.15) is 57.0 Å². The molecule has 2 aromatic heterocycles. The molecule has 2 aromatic rings. The second kappa shape index (κ2) is 5.54. The molecule has 2 N–H and O–H groups in total. The maximum atomic E-state index is 6.41. The van der Waals surface area contributed by atoms with Crippen molar-refractivity contribution in [1.82, 2.24) is 19.3 Å². The molecular formula is C16H25N5. The van der Waals surface area contributed by atoms with Gasteiger partial charge < -0.3 is 10.3 Å². The van der Waals surface area contributed by atoms with Crippen molar-refractivity contribution in [3.8, 4) is 11.3 Å². The zero-order chi connectivity index (χ0) is 15.0. The molecule has 0 bridgehead atoms. The van der Waals surface area contributed by atoms with Gasteiger partial charge in [-0.25, -0.2) is 4.98 Å². The molecule has 1 aliphatic carbocycles. The van der Waals surface area contributed by atoms with Crippen LogP contribution in [0.15, 0.2) is 6.20 Å². The highest BCUT2D eigenvalue weighted by atomic mass is 15.3. The quantitative estimate of drug-likeness (QED) is 0.940. The third kappa shape index (κ3) is 2.34. The minimum absolute atomic E-state index is 0.572. The number of hydrogen-bond donors (Lipinski definition) is 1. The lowest BCUT2D eigenvalue weighted by Gasteiger charge is -2.11. The summed E-state index contributed by atoms with van der Waals surface area (Å²) in [6, 6.07) is 0. The van der Waals surface area contributed by atoms with Crippen molar-refractivity contribution >= 4 is 5.82 Å². The summed E-state index contributed by atoms with van der Waals surface area (Å²) in [6.45, 7) is 5.15. The predicted octanol–water partition coefficient (Wildman–Crippen LogP) is 3.11. The largest absolute Gasteiger partial charge is 0.383 e. The summed E-state index contributed by atoms with van der Waals surface area (Å²) in [4.78, 5) is 4.94. The molecule has 21 heavy (non-hydrogen) atoms. The van der Waals surface area contributed by atoms with Crippen LogP contribution < -0.4 is 5.73 Å². The van der Waals surface area contributed by atoms with Crippen LogP contribution >= 0.6 is 0 Å².